The molecular weight excluding hydrogens is 176 g/mol. The Hall–Kier alpha value is -1.45. The zero-order valence-electron chi connectivity index (χ0n) is 7.10. The van der Waals surface area contributed by atoms with Crippen LogP contribution in [0.15, 0.2) is 18.2 Å². The van der Waals surface area contributed by atoms with Crippen LogP contribution in [0.5, 0.6) is 0 Å². The van der Waals surface area contributed by atoms with Crippen molar-refractivity contribution in [2.45, 2.75) is 6.92 Å². The highest BCUT2D eigenvalue weighted by molar-refractivity contribution is 5.91. The molecule has 2 nitrogen and oxygen atoms in total. The zero-order valence-corrected chi connectivity index (χ0v) is 7.10. The van der Waals surface area contributed by atoms with E-state index in [0.717, 1.165) is 18.2 Å². The van der Waals surface area contributed by atoms with Crippen LogP contribution in [-0.4, -0.2) is 12.5 Å². The summed E-state index contributed by atoms with van der Waals surface area (Å²) in [4.78, 5) is 0. The number of hydrogen-bond acceptors (Lipinski definition) is 2. The van der Waals surface area contributed by atoms with E-state index < -0.39 is 11.6 Å². The molecule has 0 aromatic heterocycles. The number of ether oxygens (including phenoxy) is 1. The lowest BCUT2D eigenvalue weighted by molar-refractivity contribution is 0.324. The second-order valence-corrected chi connectivity index (χ2v) is 2.39. The molecule has 4 heteroatoms. The van der Waals surface area contributed by atoms with Crippen LogP contribution in [0.25, 0.3) is 0 Å². The second kappa shape index (κ2) is 3.98. The van der Waals surface area contributed by atoms with Gasteiger partial charge in [-0.3, -0.25) is 5.41 Å². The first-order chi connectivity index (χ1) is 6.15. The summed E-state index contributed by atoms with van der Waals surface area (Å²) >= 11 is 0. The highest BCUT2D eigenvalue weighted by Gasteiger charge is 2.09. The number of nitrogens with one attached hydrogen (secondary N) is 1. The third-order valence-electron chi connectivity index (χ3n) is 1.46. The van der Waals surface area contributed by atoms with E-state index in [1.54, 1.807) is 6.92 Å². The summed E-state index contributed by atoms with van der Waals surface area (Å²) in [5, 5.41) is 7.24. The molecular formula is C9H9F2NO. The van der Waals surface area contributed by atoms with Gasteiger partial charge in [0.1, 0.15) is 11.6 Å². The molecule has 13 heavy (non-hydrogen) atoms. The lowest BCUT2D eigenvalue weighted by Gasteiger charge is -2.05. The maximum absolute atomic E-state index is 13.0. The van der Waals surface area contributed by atoms with Crippen molar-refractivity contribution in [2.75, 3.05) is 6.61 Å². The predicted octanol–water partition coefficient (Wildman–Crippen LogP) is 2.33. The first-order valence-electron chi connectivity index (χ1n) is 3.82. The van der Waals surface area contributed by atoms with Gasteiger partial charge in [-0.25, -0.2) is 8.78 Å². The van der Waals surface area contributed by atoms with Gasteiger partial charge in [0.05, 0.1) is 12.2 Å². The third-order valence-corrected chi connectivity index (χ3v) is 1.46. The molecule has 0 unspecified atom stereocenters. The van der Waals surface area contributed by atoms with Crippen molar-refractivity contribution in [3.63, 3.8) is 0 Å². The summed E-state index contributed by atoms with van der Waals surface area (Å²) in [7, 11) is 0. The molecule has 1 rings (SSSR count). The Morgan fingerprint density at radius 3 is 2.77 bits per heavy atom. The average Bonchev–Trinajstić information content (AvgIpc) is 2.09. The van der Waals surface area contributed by atoms with Gasteiger partial charge in [-0.05, 0) is 25.1 Å². The van der Waals surface area contributed by atoms with Crippen molar-refractivity contribution in [3.8, 4) is 0 Å². The summed E-state index contributed by atoms with van der Waals surface area (Å²) in [6.07, 6.45) is 0. The van der Waals surface area contributed by atoms with Crippen LogP contribution < -0.4 is 0 Å². The first kappa shape index (κ1) is 9.64. The Morgan fingerprint density at radius 1 is 1.46 bits per heavy atom. The van der Waals surface area contributed by atoms with Crippen molar-refractivity contribution < 1.29 is 13.5 Å². The Labute approximate surface area is 74.7 Å². The van der Waals surface area contributed by atoms with Gasteiger partial charge in [-0.15, -0.1) is 0 Å². The topological polar surface area (TPSA) is 33.1 Å². The van der Waals surface area contributed by atoms with Crippen LogP contribution in [0.4, 0.5) is 8.78 Å². The summed E-state index contributed by atoms with van der Waals surface area (Å²) in [5.74, 6) is -1.58. The summed E-state index contributed by atoms with van der Waals surface area (Å²) in [5.41, 5.74) is -0.151. The van der Waals surface area contributed by atoms with Crippen LogP contribution in [-0.2, 0) is 4.74 Å². The molecule has 0 amide bonds. The molecule has 0 aliphatic rings. The number of halogens is 2. The predicted molar refractivity (Wildman–Crippen MR) is 44.8 cm³/mol. The normalized spacial score (nSPS) is 9.77. The van der Waals surface area contributed by atoms with E-state index in [9.17, 15) is 8.78 Å². The fraction of sp³-hybridized carbons (Fsp3) is 0.222. The Kier molecular flexibility index (Phi) is 2.95. The van der Waals surface area contributed by atoms with Gasteiger partial charge >= 0.3 is 0 Å². The molecule has 70 valence electrons. The third kappa shape index (κ3) is 2.24. The number of hydrogen-bond donors (Lipinski definition) is 1. The Bertz CT molecular complexity index is 325. The molecule has 0 bridgehead atoms. The van der Waals surface area contributed by atoms with Gasteiger partial charge in [-0.1, -0.05) is 0 Å². The van der Waals surface area contributed by atoms with E-state index in [0.29, 0.717) is 0 Å². The summed E-state index contributed by atoms with van der Waals surface area (Å²) in [6, 6.07) is 2.91. The Balaban J connectivity index is 2.99. The van der Waals surface area contributed by atoms with Crippen LogP contribution in [0.2, 0.25) is 0 Å². The van der Waals surface area contributed by atoms with Crippen molar-refractivity contribution in [1.82, 2.24) is 0 Å². The molecule has 0 spiro atoms. The van der Waals surface area contributed by atoms with E-state index >= 15 is 0 Å². The molecule has 1 aromatic rings. The smallest absolute Gasteiger partial charge is 0.216 e. The first-order valence-corrected chi connectivity index (χ1v) is 3.82. The molecule has 0 saturated carbocycles. The molecule has 1 N–H and O–H groups in total. The van der Waals surface area contributed by atoms with Gasteiger partial charge in [0.2, 0.25) is 5.90 Å². The van der Waals surface area contributed by atoms with Crippen molar-refractivity contribution in [1.29, 1.82) is 5.41 Å². The SMILES string of the molecule is CCOC(=N)c1cc(F)ccc1F. The largest absolute Gasteiger partial charge is 0.478 e. The number of benzene rings is 1. The van der Waals surface area contributed by atoms with E-state index in [2.05, 4.69) is 0 Å². The van der Waals surface area contributed by atoms with Crippen LogP contribution in [0, 0.1) is 17.0 Å². The zero-order chi connectivity index (χ0) is 9.84. The fourth-order valence-corrected chi connectivity index (χ4v) is 0.894. The fourth-order valence-electron chi connectivity index (χ4n) is 0.894. The lowest BCUT2D eigenvalue weighted by atomic mass is 10.2. The maximum atomic E-state index is 13.0. The minimum atomic E-state index is -0.653. The molecule has 0 atom stereocenters. The molecule has 1 aromatic carbocycles. The molecule has 0 heterocycles. The van der Waals surface area contributed by atoms with Gasteiger partial charge < -0.3 is 4.74 Å². The molecule has 0 aliphatic heterocycles. The van der Waals surface area contributed by atoms with Crippen LogP contribution >= 0.6 is 0 Å². The monoisotopic (exact) mass is 185 g/mol. The van der Waals surface area contributed by atoms with E-state index in [1.807, 2.05) is 0 Å². The van der Waals surface area contributed by atoms with Gasteiger partial charge in [0.15, 0.2) is 0 Å². The van der Waals surface area contributed by atoms with Crippen molar-refractivity contribution >= 4 is 5.90 Å². The highest BCUT2D eigenvalue weighted by atomic mass is 19.1. The van der Waals surface area contributed by atoms with Gasteiger partial charge in [0, 0.05) is 0 Å². The van der Waals surface area contributed by atoms with E-state index in [-0.39, 0.29) is 18.1 Å². The summed E-state index contributed by atoms with van der Waals surface area (Å²) < 4.78 is 30.3. The summed E-state index contributed by atoms with van der Waals surface area (Å²) in [6.45, 7) is 1.93. The highest BCUT2D eigenvalue weighted by Crippen LogP contribution is 2.10. The molecule has 0 aliphatic carbocycles. The van der Waals surface area contributed by atoms with Crippen molar-refractivity contribution in [2.24, 2.45) is 0 Å². The second-order valence-electron chi connectivity index (χ2n) is 2.39. The van der Waals surface area contributed by atoms with Gasteiger partial charge in [-0.2, -0.15) is 0 Å². The van der Waals surface area contributed by atoms with Crippen LogP contribution in [0.1, 0.15) is 12.5 Å². The van der Waals surface area contributed by atoms with E-state index in [1.165, 1.54) is 0 Å². The Morgan fingerprint density at radius 2 is 2.15 bits per heavy atom. The minimum Gasteiger partial charge on any atom is -0.478 e. The standard InChI is InChI=1S/C9H9F2NO/c1-2-13-9(12)7-5-6(10)3-4-8(7)11/h3-5,12H,2H2,1H3. The van der Waals surface area contributed by atoms with E-state index in [4.69, 9.17) is 10.1 Å². The molecule has 0 radical (unpaired) electrons. The van der Waals surface area contributed by atoms with Crippen LogP contribution in [0.3, 0.4) is 0 Å². The van der Waals surface area contributed by atoms with Crippen molar-refractivity contribution in [3.05, 3.63) is 35.4 Å². The average molecular weight is 185 g/mol. The molecule has 0 saturated heterocycles. The minimum absolute atomic E-state index is 0.151. The maximum Gasteiger partial charge on any atom is 0.216 e. The lowest BCUT2D eigenvalue weighted by Crippen LogP contribution is -2.07. The van der Waals surface area contributed by atoms with Gasteiger partial charge in [0.25, 0.3) is 0 Å². The quantitative estimate of drug-likeness (QED) is 0.556. The number of rotatable bonds is 2. The molecule has 0 fully saturated rings.